The lowest BCUT2D eigenvalue weighted by Gasteiger charge is -2.17. The Morgan fingerprint density at radius 1 is 1.04 bits per heavy atom. The third-order valence-corrected chi connectivity index (χ3v) is 5.43. The predicted molar refractivity (Wildman–Crippen MR) is 107 cm³/mol. The predicted octanol–water partition coefficient (Wildman–Crippen LogP) is 5.88. The zero-order valence-electron chi connectivity index (χ0n) is 15.8. The van der Waals surface area contributed by atoms with E-state index in [0.29, 0.717) is 22.6 Å². The van der Waals surface area contributed by atoms with E-state index < -0.39 is 0 Å². The van der Waals surface area contributed by atoms with Crippen molar-refractivity contribution in [3.05, 3.63) is 58.4 Å². The number of hydrogen-bond acceptors (Lipinski definition) is 3. The van der Waals surface area contributed by atoms with Crippen molar-refractivity contribution >= 4 is 11.6 Å². The molecule has 0 radical (unpaired) electrons. The van der Waals surface area contributed by atoms with Crippen LogP contribution in [0.4, 0.5) is 4.39 Å². The number of hydrogen-bond donors (Lipinski definition) is 1. The minimum atomic E-state index is -0.355. The van der Waals surface area contributed by atoms with Crippen LogP contribution in [0.25, 0.3) is 0 Å². The number of ether oxygens (including phenoxy) is 2. The maximum absolute atomic E-state index is 13.2. The molecule has 0 aromatic heterocycles. The average molecular weight is 392 g/mol. The van der Waals surface area contributed by atoms with Gasteiger partial charge in [0.1, 0.15) is 12.4 Å². The summed E-state index contributed by atoms with van der Waals surface area (Å²) in [6.45, 7) is 1.08. The van der Waals surface area contributed by atoms with Gasteiger partial charge < -0.3 is 14.8 Å². The molecule has 27 heavy (non-hydrogen) atoms. The second kappa shape index (κ2) is 9.95. The maximum Gasteiger partial charge on any atom is 0.161 e. The highest BCUT2D eigenvalue weighted by atomic mass is 35.5. The summed E-state index contributed by atoms with van der Waals surface area (Å²) in [5.41, 5.74) is 1.91. The van der Waals surface area contributed by atoms with Crippen LogP contribution < -0.4 is 14.8 Å². The van der Waals surface area contributed by atoms with E-state index in [1.165, 1.54) is 56.2 Å². The average Bonchev–Trinajstić information content (AvgIpc) is 2.95. The van der Waals surface area contributed by atoms with Crippen molar-refractivity contribution in [1.82, 2.24) is 5.32 Å². The van der Waals surface area contributed by atoms with E-state index in [-0.39, 0.29) is 12.4 Å². The van der Waals surface area contributed by atoms with Crippen molar-refractivity contribution in [2.75, 3.05) is 7.11 Å². The number of nitrogens with one attached hydrogen (secondary N) is 1. The quantitative estimate of drug-likeness (QED) is 0.598. The molecule has 146 valence electrons. The Hall–Kier alpha value is -1.78. The van der Waals surface area contributed by atoms with E-state index in [1.807, 2.05) is 18.2 Å². The number of benzene rings is 2. The van der Waals surface area contributed by atoms with Crippen LogP contribution in [0.5, 0.6) is 11.5 Å². The first-order valence-corrected chi connectivity index (χ1v) is 10.0. The Balaban J connectivity index is 1.59. The highest BCUT2D eigenvalue weighted by Gasteiger charge is 2.13. The van der Waals surface area contributed by atoms with Gasteiger partial charge in [0.15, 0.2) is 11.5 Å². The SMILES string of the molecule is COc1cc(CNC2CCCCCC2)ccc1OCc1ccc(F)cc1Cl. The molecule has 0 aliphatic heterocycles. The van der Waals surface area contributed by atoms with E-state index >= 15 is 0 Å². The molecular formula is C22H27ClFNO2. The summed E-state index contributed by atoms with van der Waals surface area (Å²) >= 11 is 6.06. The molecule has 1 saturated carbocycles. The Morgan fingerprint density at radius 2 is 1.81 bits per heavy atom. The minimum absolute atomic E-state index is 0.259. The van der Waals surface area contributed by atoms with Gasteiger partial charge in [-0.25, -0.2) is 4.39 Å². The van der Waals surface area contributed by atoms with Crippen LogP contribution in [0.1, 0.15) is 49.7 Å². The van der Waals surface area contributed by atoms with Gasteiger partial charge in [0.25, 0.3) is 0 Å². The standard InChI is InChI=1S/C22H27ClFNO2/c1-26-22-12-16(14-25-19-6-4-2-3-5-7-19)8-11-21(22)27-15-17-9-10-18(24)13-20(17)23/h8-13,19,25H,2-7,14-15H2,1H3. The Morgan fingerprint density at radius 3 is 2.52 bits per heavy atom. The Kier molecular flexibility index (Phi) is 7.36. The van der Waals surface area contributed by atoms with Gasteiger partial charge in [-0.1, -0.05) is 49.4 Å². The van der Waals surface area contributed by atoms with Gasteiger partial charge in [-0.3, -0.25) is 0 Å². The molecule has 0 amide bonds. The first kappa shape index (κ1) is 20.0. The van der Waals surface area contributed by atoms with E-state index in [0.717, 1.165) is 12.1 Å². The first-order valence-electron chi connectivity index (χ1n) is 9.63. The van der Waals surface area contributed by atoms with Gasteiger partial charge in [-0.15, -0.1) is 0 Å². The van der Waals surface area contributed by atoms with E-state index in [1.54, 1.807) is 13.2 Å². The molecule has 5 heteroatoms. The van der Waals surface area contributed by atoms with Crippen LogP contribution in [0.2, 0.25) is 5.02 Å². The normalized spacial score (nSPS) is 15.4. The van der Waals surface area contributed by atoms with Crippen molar-refractivity contribution in [2.45, 2.75) is 57.7 Å². The van der Waals surface area contributed by atoms with Crippen LogP contribution >= 0.6 is 11.6 Å². The van der Waals surface area contributed by atoms with Crippen molar-refractivity contribution in [2.24, 2.45) is 0 Å². The lowest BCUT2D eigenvalue weighted by atomic mass is 10.1. The van der Waals surface area contributed by atoms with Crippen LogP contribution in [-0.4, -0.2) is 13.2 Å². The second-order valence-corrected chi connectivity index (χ2v) is 7.49. The van der Waals surface area contributed by atoms with Crippen molar-refractivity contribution in [1.29, 1.82) is 0 Å². The zero-order valence-corrected chi connectivity index (χ0v) is 16.5. The fraction of sp³-hybridized carbons (Fsp3) is 0.455. The minimum Gasteiger partial charge on any atom is -0.493 e. The zero-order chi connectivity index (χ0) is 19.1. The number of methoxy groups -OCH3 is 1. The summed E-state index contributed by atoms with van der Waals surface area (Å²) in [7, 11) is 1.63. The van der Waals surface area contributed by atoms with Gasteiger partial charge >= 0.3 is 0 Å². The lowest BCUT2D eigenvalue weighted by molar-refractivity contribution is 0.284. The molecule has 1 aliphatic carbocycles. The molecule has 0 unspecified atom stereocenters. The summed E-state index contributed by atoms with van der Waals surface area (Å²) in [4.78, 5) is 0. The maximum atomic E-state index is 13.2. The molecule has 2 aromatic carbocycles. The molecule has 1 fully saturated rings. The largest absolute Gasteiger partial charge is 0.493 e. The third kappa shape index (κ3) is 5.85. The second-order valence-electron chi connectivity index (χ2n) is 7.08. The molecule has 0 spiro atoms. The smallest absolute Gasteiger partial charge is 0.161 e. The molecule has 3 nitrogen and oxygen atoms in total. The third-order valence-electron chi connectivity index (χ3n) is 5.08. The fourth-order valence-corrected chi connectivity index (χ4v) is 3.70. The monoisotopic (exact) mass is 391 g/mol. The van der Waals surface area contributed by atoms with Crippen molar-refractivity contribution < 1.29 is 13.9 Å². The summed E-state index contributed by atoms with van der Waals surface area (Å²) in [5.74, 6) is 0.983. The molecule has 0 heterocycles. The summed E-state index contributed by atoms with van der Waals surface area (Å²) in [6.07, 6.45) is 7.87. The van der Waals surface area contributed by atoms with Crippen LogP contribution in [0.3, 0.4) is 0 Å². The lowest BCUT2D eigenvalue weighted by Crippen LogP contribution is -2.27. The molecule has 0 saturated heterocycles. The van der Waals surface area contributed by atoms with Gasteiger partial charge in [0.05, 0.1) is 12.1 Å². The molecule has 1 N–H and O–H groups in total. The van der Waals surface area contributed by atoms with Crippen LogP contribution in [-0.2, 0) is 13.2 Å². The molecule has 1 aliphatic rings. The van der Waals surface area contributed by atoms with Crippen molar-refractivity contribution in [3.63, 3.8) is 0 Å². The van der Waals surface area contributed by atoms with E-state index in [4.69, 9.17) is 21.1 Å². The van der Waals surface area contributed by atoms with Gasteiger partial charge in [-0.05, 0) is 42.7 Å². The van der Waals surface area contributed by atoms with Gasteiger partial charge in [-0.2, -0.15) is 0 Å². The molecule has 3 rings (SSSR count). The topological polar surface area (TPSA) is 30.5 Å². The molecule has 0 atom stereocenters. The van der Waals surface area contributed by atoms with Crippen molar-refractivity contribution in [3.8, 4) is 11.5 Å². The Labute approximate surface area is 165 Å². The van der Waals surface area contributed by atoms with Gasteiger partial charge in [0.2, 0.25) is 0 Å². The Bertz CT molecular complexity index is 745. The fourth-order valence-electron chi connectivity index (χ4n) is 3.48. The highest BCUT2D eigenvalue weighted by Crippen LogP contribution is 2.30. The van der Waals surface area contributed by atoms with E-state index in [9.17, 15) is 4.39 Å². The molecule has 0 bridgehead atoms. The molecule has 2 aromatic rings. The van der Waals surface area contributed by atoms with E-state index in [2.05, 4.69) is 5.32 Å². The highest BCUT2D eigenvalue weighted by molar-refractivity contribution is 6.31. The number of halogens is 2. The summed E-state index contributed by atoms with van der Waals surface area (Å²) < 4.78 is 24.5. The van der Waals surface area contributed by atoms with Gasteiger partial charge in [0, 0.05) is 18.2 Å². The summed E-state index contributed by atoms with van der Waals surface area (Å²) in [5, 5.41) is 4.03. The van der Waals surface area contributed by atoms with Crippen LogP contribution in [0, 0.1) is 5.82 Å². The molecular weight excluding hydrogens is 365 g/mol. The first-order chi connectivity index (χ1) is 13.2. The summed E-state index contributed by atoms with van der Waals surface area (Å²) in [6, 6.07) is 10.9. The number of rotatable bonds is 7. The van der Waals surface area contributed by atoms with Crippen LogP contribution in [0.15, 0.2) is 36.4 Å².